The van der Waals surface area contributed by atoms with Gasteiger partial charge in [0.1, 0.15) is 18.2 Å². The number of imide groups is 1. The maximum absolute atomic E-state index is 11.7. The molecule has 3 heterocycles. The molecule has 2 aliphatic heterocycles. The van der Waals surface area contributed by atoms with Crippen LogP contribution in [0.5, 0.6) is 17.5 Å². The zero-order chi connectivity index (χ0) is 24.9. The lowest BCUT2D eigenvalue weighted by molar-refractivity contribution is -0.115. The van der Waals surface area contributed by atoms with Gasteiger partial charge < -0.3 is 19.5 Å². The van der Waals surface area contributed by atoms with E-state index in [-0.39, 0.29) is 17.4 Å². The number of likely N-dealkylation sites (tertiary alicyclic amines) is 1. The number of thioether (sulfide) groups is 1. The zero-order valence-electron chi connectivity index (χ0n) is 19.3. The summed E-state index contributed by atoms with van der Waals surface area (Å²) < 4.78 is 11.9. The average molecular weight is 499 g/mol. The van der Waals surface area contributed by atoms with Crippen molar-refractivity contribution in [1.82, 2.24) is 20.2 Å². The first-order chi connectivity index (χ1) is 16.8. The van der Waals surface area contributed by atoms with Crippen molar-refractivity contribution in [3.8, 4) is 17.5 Å². The van der Waals surface area contributed by atoms with Crippen molar-refractivity contribution in [3.05, 3.63) is 47.1 Å². The molecule has 10 nitrogen and oxygen atoms in total. The number of carbonyl (C=O) groups is 3. The summed E-state index contributed by atoms with van der Waals surface area (Å²) in [6.07, 6.45) is 3.90. The maximum atomic E-state index is 11.7. The standard InChI is InChI=1S/C24H26N4O6S/c1-14(2)9-16-11-18(7-8-28(16)24(31)32)34-21-12-20(25-13-26-21)33-17-5-3-15(4-6-17)10-19-22(29)27-23(30)35-19/h3-6,10,12-14,16,18H,7-9,11H2,1-2H3,(H,31,32)(H,27,29,30)/b19-10-. The number of rotatable bonds is 7. The quantitative estimate of drug-likeness (QED) is 0.529. The number of aromatic nitrogens is 2. The third kappa shape index (κ3) is 6.50. The first-order valence-electron chi connectivity index (χ1n) is 11.3. The van der Waals surface area contributed by atoms with Gasteiger partial charge in [-0.25, -0.2) is 14.8 Å². The van der Waals surface area contributed by atoms with Crippen LogP contribution in [0.25, 0.3) is 6.08 Å². The average Bonchev–Trinajstić information content (AvgIpc) is 3.11. The van der Waals surface area contributed by atoms with Crippen molar-refractivity contribution in [2.75, 3.05) is 6.54 Å². The molecule has 11 heteroatoms. The second kappa shape index (κ2) is 10.8. The summed E-state index contributed by atoms with van der Waals surface area (Å²) in [5.74, 6) is 1.17. The van der Waals surface area contributed by atoms with Crippen LogP contribution in [0.4, 0.5) is 9.59 Å². The molecule has 0 radical (unpaired) electrons. The van der Waals surface area contributed by atoms with Crippen molar-refractivity contribution in [2.24, 2.45) is 5.92 Å². The van der Waals surface area contributed by atoms with Gasteiger partial charge in [0.05, 0.1) is 11.0 Å². The Bertz CT molecular complexity index is 1140. The summed E-state index contributed by atoms with van der Waals surface area (Å²) in [5, 5.41) is 11.3. The lowest BCUT2D eigenvalue weighted by atomic mass is 9.92. The molecule has 2 aromatic rings. The van der Waals surface area contributed by atoms with Crippen LogP contribution in [0, 0.1) is 5.92 Å². The Kier molecular flexibility index (Phi) is 7.54. The van der Waals surface area contributed by atoms with Crippen LogP contribution in [-0.4, -0.2) is 55.9 Å². The number of nitrogens with zero attached hydrogens (tertiary/aromatic N) is 3. The van der Waals surface area contributed by atoms with Crippen molar-refractivity contribution >= 4 is 35.1 Å². The van der Waals surface area contributed by atoms with E-state index in [4.69, 9.17) is 9.47 Å². The molecule has 2 N–H and O–H groups in total. The van der Waals surface area contributed by atoms with Gasteiger partial charge in [-0.3, -0.25) is 14.9 Å². The van der Waals surface area contributed by atoms with E-state index in [9.17, 15) is 19.5 Å². The van der Waals surface area contributed by atoms with Gasteiger partial charge in [-0.05, 0) is 47.9 Å². The minimum Gasteiger partial charge on any atom is -0.474 e. The van der Waals surface area contributed by atoms with Crippen molar-refractivity contribution in [2.45, 2.75) is 45.3 Å². The van der Waals surface area contributed by atoms with Crippen molar-refractivity contribution in [3.63, 3.8) is 0 Å². The third-order valence-corrected chi connectivity index (χ3v) is 6.41. The number of hydrogen-bond acceptors (Lipinski definition) is 8. The molecule has 1 aromatic heterocycles. The number of ether oxygens (including phenoxy) is 2. The summed E-state index contributed by atoms with van der Waals surface area (Å²) in [4.78, 5) is 44.7. The molecule has 35 heavy (non-hydrogen) atoms. The highest BCUT2D eigenvalue weighted by molar-refractivity contribution is 8.18. The summed E-state index contributed by atoms with van der Waals surface area (Å²) in [6.45, 7) is 4.57. The molecule has 0 spiro atoms. The van der Waals surface area contributed by atoms with Gasteiger partial charge in [-0.15, -0.1) is 0 Å². The molecule has 2 atom stereocenters. The Labute approximate surface area is 206 Å². The molecule has 0 bridgehead atoms. The van der Waals surface area contributed by atoms with E-state index in [1.807, 2.05) is 0 Å². The minimum atomic E-state index is -0.896. The molecular weight excluding hydrogens is 472 g/mol. The fourth-order valence-corrected chi connectivity index (χ4v) is 4.76. The van der Waals surface area contributed by atoms with E-state index >= 15 is 0 Å². The van der Waals surface area contributed by atoms with Crippen LogP contribution in [0.1, 0.15) is 38.7 Å². The highest BCUT2D eigenvalue weighted by Gasteiger charge is 2.33. The Balaban J connectivity index is 1.38. The Morgan fingerprint density at radius 2 is 2.00 bits per heavy atom. The van der Waals surface area contributed by atoms with Crippen LogP contribution in [0.3, 0.4) is 0 Å². The SMILES string of the molecule is CC(C)CC1CC(Oc2cc(Oc3ccc(/C=C4\SC(=O)NC4=O)cc3)ncn2)CCN1C(=O)O. The largest absolute Gasteiger partial charge is 0.474 e. The van der Waals surface area contributed by atoms with E-state index in [1.165, 1.54) is 11.2 Å². The van der Waals surface area contributed by atoms with Gasteiger partial charge in [0.25, 0.3) is 11.1 Å². The van der Waals surface area contributed by atoms with E-state index in [1.54, 1.807) is 36.4 Å². The number of benzene rings is 1. The monoisotopic (exact) mass is 498 g/mol. The zero-order valence-corrected chi connectivity index (χ0v) is 20.2. The van der Waals surface area contributed by atoms with Gasteiger partial charge in [0, 0.05) is 25.4 Å². The number of nitrogens with one attached hydrogen (secondary N) is 1. The van der Waals surface area contributed by atoms with E-state index in [0.29, 0.717) is 47.7 Å². The number of carbonyl (C=O) groups excluding carboxylic acids is 2. The third-order valence-electron chi connectivity index (χ3n) is 5.60. The van der Waals surface area contributed by atoms with Crippen LogP contribution >= 0.6 is 11.8 Å². The number of amides is 3. The van der Waals surface area contributed by atoms with E-state index in [0.717, 1.165) is 23.7 Å². The van der Waals surface area contributed by atoms with Crippen LogP contribution < -0.4 is 14.8 Å². The summed E-state index contributed by atoms with van der Waals surface area (Å²) in [7, 11) is 0. The van der Waals surface area contributed by atoms with Crippen molar-refractivity contribution in [1.29, 1.82) is 0 Å². The number of carboxylic acid groups (broad SMARTS) is 1. The van der Waals surface area contributed by atoms with Crippen molar-refractivity contribution < 1.29 is 29.0 Å². The maximum Gasteiger partial charge on any atom is 0.407 e. The Hall–Kier alpha value is -3.60. The molecule has 3 amide bonds. The molecule has 1 aromatic carbocycles. The highest BCUT2D eigenvalue weighted by atomic mass is 32.2. The highest BCUT2D eigenvalue weighted by Crippen LogP contribution is 2.29. The lowest BCUT2D eigenvalue weighted by Gasteiger charge is -2.38. The first kappa shape index (κ1) is 24.5. The van der Waals surface area contributed by atoms with Gasteiger partial charge >= 0.3 is 6.09 Å². The molecule has 0 aliphatic carbocycles. The second-order valence-electron chi connectivity index (χ2n) is 8.74. The fourth-order valence-electron chi connectivity index (χ4n) is 4.08. The topological polar surface area (TPSA) is 131 Å². The van der Waals surface area contributed by atoms with Crippen LogP contribution in [-0.2, 0) is 4.79 Å². The van der Waals surface area contributed by atoms with E-state index in [2.05, 4.69) is 29.1 Å². The lowest BCUT2D eigenvalue weighted by Crippen LogP contribution is -2.48. The molecule has 184 valence electrons. The normalized spacial score (nSPS) is 21.3. The van der Waals surface area contributed by atoms with Gasteiger partial charge in [0.2, 0.25) is 11.8 Å². The molecule has 2 aliphatic rings. The predicted molar refractivity (Wildman–Crippen MR) is 129 cm³/mol. The Morgan fingerprint density at radius 1 is 1.26 bits per heavy atom. The smallest absolute Gasteiger partial charge is 0.407 e. The molecule has 4 rings (SSSR count). The molecule has 2 fully saturated rings. The molecular formula is C24H26N4O6S. The fraction of sp³-hybridized carbons (Fsp3) is 0.375. The molecule has 2 unspecified atom stereocenters. The summed E-state index contributed by atoms with van der Waals surface area (Å²) in [5.41, 5.74) is 0.750. The van der Waals surface area contributed by atoms with E-state index < -0.39 is 12.0 Å². The van der Waals surface area contributed by atoms with Crippen LogP contribution in [0.2, 0.25) is 0 Å². The minimum absolute atomic E-state index is 0.0934. The summed E-state index contributed by atoms with van der Waals surface area (Å²) >= 11 is 0.863. The predicted octanol–water partition coefficient (Wildman–Crippen LogP) is 4.53. The number of hydrogen-bond donors (Lipinski definition) is 2. The van der Waals surface area contributed by atoms with Gasteiger partial charge in [-0.2, -0.15) is 0 Å². The van der Waals surface area contributed by atoms with Gasteiger partial charge in [-0.1, -0.05) is 26.0 Å². The summed E-state index contributed by atoms with van der Waals surface area (Å²) in [6, 6.07) is 8.50. The second-order valence-corrected chi connectivity index (χ2v) is 9.76. The Morgan fingerprint density at radius 3 is 2.66 bits per heavy atom. The van der Waals surface area contributed by atoms with Crippen LogP contribution in [0.15, 0.2) is 41.6 Å². The molecule has 2 saturated heterocycles. The van der Waals surface area contributed by atoms with Gasteiger partial charge in [0.15, 0.2) is 0 Å². The molecule has 0 saturated carbocycles. The number of piperidine rings is 1. The first-order valence-corrected chi connectivity index (χ1v) is 12.1.